The van der Waals surface area contributed by atoms with Crippen molar-refractivity contribution in [3.63, 3.8) is 0 Å². The number of carbonyl (C=O) groups is 1. The molecule has 0 aliphatic carbocycles. The largest absolute Gasteiger partial charge is 0.493 e. The Hall–Kier alpha value is -2.69. The summed E-state index contributed by atoms with van der Waals surface area (Å²) < 4.78 is 21.3. The van der Waals surface area contributed by atoms with Gasteiger partial charge in [-0.15, -0.1) is 0 Å². The van der Waals surface area contributed by atoms with Gasteiger partial charge in [-0.25, -0.2) is 0 Å². The molecule has 0 aromatic heterocycles. The summed E-state index contributed by atoms with van der Waals surface area (Å²) >= 11 is 0. The van der Waals surface area contributed by atoms with E-state index in [4.69, 9.17) is 18.9 Å². The highest BCUT2D eigenvalue weighted by molar-refractivity contribution is 5.76. The molecule has 0 spiro atoms. The van der Waals surface area contributed by atoms with Crippen LogP contribution in [-0.2, 0) is 11.2 Å². The number of ether oxygens (including phenoxy) is 4. The molecule has 5 nitrogen and oxygen atoms in total. The third-order valence-corrected chi connectivity index (χ3v) is 3.85. The molecule has 0 aliphatic rings. The van der Waals surface area contributed by atoms with Crippen LogP contribution in [0.5, 0.6) is 23.0 Å². The van der Waals surface area contributed by atoms with Gasteiger partial charge < -0.3 is 18.9 Å². The lowest BCUT2D eigenvalue weighted by atomic mass is 10.0. The van der Waals surface area contributed by atoms with Crippen LogP contribution in [0.25, 0.3) is 0 Å². The second-order valence-corrected chi connectivity index (χ2v) is 5.91. The van der Waals surface area contributed by atoms with Crippen molar-refractivity contribution in [1.29, 1.82) is 0 Å². The number of hydrogen-bond donors (Lipinski definition) is 0. The molecule has 0 unspecified atom stereocenters. The van der Waals surface area contributed by atoms with Gasteiger partial charge in [-0.3, -0.25) is 4.79 Å². The first kappa shape index (κ1) is 18.6. The number of hydrogen-bond acceptors (Lipinski definition) is 5. The lowest BCUT2D eigenvalue weighted by Crippen LogP contribution is -2.11. The van der Waals surface area contributed by atoms with Gasteiger partial charge in [0.2, 0.25) is 5.75 Å². The summed E-state index contributed by atoms with van der Waals surface area (Å²) in [5.74, 6) is 2.11. The Labute approximate surface area is 148 Å². The minimum Gasteiger partial charge on any atom is -0.493 e. The van der Waals surface area contributed by atoms with E-state index >= 15 is 0 Å². The van der Waals surface area contributed by atoms with Crippen molar-refractivity contribution in [3.05, 3.63) is 47.5 Å². The molecule has 0 radical (unpaired) electrons. The van der Waals surface area contributed by atoms with Crippen molar-refractivity contribution in [2.24, 2.45) is 0 Å². The molecule has 0 atom stereocenters. The van der Waals surface area contributed by atoms with Gasteiger partial charge in [-0.1, -0.05) is 26.0 Å². The normalized spacial score (nSPS) is 10.5. The number of carbonyl (C=O) groups excluding carboxylic acids is 1. The predicted molar refractivity (Wildman–Crippen MR) is 96.0 cm³/mol. The van der Waals surface area contributed by atoms with E-state index in [0.717, 1.165) is 5.56 Å². The Balaban J connectivity index is 2.12. The van der Waals surface area contributed by atoms with Crippen LogP contribution in [-0.4, -0.2) is 27.3 Å². The smallest absolute Gasteiger partial charge is 0.315 e. The molecule has 25 heavy (non-hydrogen) atoms. The summed E-state index contributed by atoms with van der Waals surface area (Å²) in [5, 5.41) is 0. The van der Waals surface area contributed by atoms with Crippen LogP contribution in [0.15, 0.2) is 36.4 Å². The minimum atomic E-state index is -0.355. The van der Waals surface area contributed by atoms with Crippen molar-refractivity contribution in [3.8, 4) is 23.0 Å². The molecule has 0 amide bonds. The Kier molecular flexibility index (Phi) is 6.28. The van der Waals surface area contributed by atoms with Crippen LogP contribution in [0.1, 0.15) is 30.9 Å². The average molecular weight is 344 g/mol. The van der Waals surface area contributed by atoms with Gasteiger partial charge in [0.05, 0.1) is 27.8 Å². The van der Waals surface area contributed by atoms with Crippen molar-refractivity contribution >= 4 is 5.97 Å². The maximum atomic E-state index is 12.2. The molecule has 0 heterocycles. The van der Waals surface area contributed by atoms with Crippen LogP contribution < -0.4 is 18.9 Å². The Morgan fingerprint density at radius 1 is 0.920 bits per heavy atom. The number of benzene rings is 2. The maximum Gasteiger partial charge on any atom is 0.315 e. The van der Waals surface area contributed by atoms with E-state index in [1.807, 2.05) is 24.3 Å². The summed E-state index contributed by atoms with van der Waals surface area (Å²) in [6.07, 6.45) is 0.0998. The van der Waals surface area contributed by atoms with Gasteiger partial charge in [0, 0.05) is 0 Å². The molecular weight excluding hydrogens is 320 g/mol. The van der Waals surface area contributed by atoms with E-state index in [2.05, 4.69) is 13.8 Å². The number of rotatable bonds is 7. The molecule has 2 rings (SSSR count). The summed E-state index contributed by atoms with van der Waals surface area (Å²) in [7, 11) is 4.61. The van der Waals surface area contributed by atoms with Crippen molar-refractivity contribution in [1.82, 2.24) is 0 Å². The molecule has 5 heteroatoms. The van der Waals surface area contributed by atoms with Gasteiger partial charge in [0.15, 0.2) is 11.5 Å². The predicted octanol–water partition coefficient (Wildman–Crippen LogP) is 3.98. The zero-order chi connectivity index (χ0) is 18.4. The van der Waals surface area contributed by atoms with E-state index in [9.17, 15) is 4.79 Å². The average Bonchev–Trinajstić information content (AvgIpc) is 2.61. The third-order valence-electron chi connectivity index (χ3n) is 3.85. The van der Waals surface area contributed by atoms with Gasteiger partial charge >= 0.3 is 5.97 Å². The zero-order valence-corrected chi connectivity index (χ0v) is 15.3. The second kappa shape index (κ2) is 8.42. The first-order valence-electron chi connectivity index (χ1n) is 8.08. The monoisotopic (exact) mass is 344 g/mol. The fourth-order valence-electron chi connectivity index (χ4n) is 2.49. The molecule has 0 fully saturated rings. The van der Waals surface area contributed by atoms with Crippen molar-refractivity contribution < 1.29 is 23.7 Å². The highest BCUT2D eigenvalue weighted by atomic mass is 16.5. The molecule has 0 saturated heterocycles. The summed E-state index contributed by atoms with van der Waals surface area (Å²) in [5.41, 5.74) is 1.92. The van der Waals surface area contributed by atoms with Gasteiger partial charge in [0.1, 0.15) is 5.75 Å². The first-order valence-corrected chi connectivity index (χ1v) is 8.08. The van der Waals surface area contributed by atoms with Crippen molar-refractivity contribution in [2.75, 3.05) is 21.3 Å². The molecule has 0 bridgehead atoms. The molecule has 2 aromatic carbocycles. The minimum absolute atomic E-state index is 0.0998. The van der Waals surface area contributed by atoms with Gasteiger partial charge in [0.25, 0.3) is 0 Å². The van der Waals surface area contributed by atoms with E-state index in [-0.39, 0.29) is 12.4 Å². The lowest BCUT2D eigenvalue weighted by Gasteiger charge is -2.14. The Bertz CT molecular complexity index is 694. The highest BCUT2D eigenvalue weighted by Crippen LogP contribution is 2.38. The standard InChI is InChI=1S/C20H24O5/c1-13(2)15-6-8-16(9-7-15)25-19(21)12-14-10-17(22-3)20(24-5)18(11-14)23-4/h6-11,13H,12H2,1-5H3. The summed E-state index contributed by atoms with van der Waals surface area (Å²) in [6, 6.07) is 11.0. The van der Waals surface area contributed by atoms with Gasteiger partial charge in [-0.2, -0.15) is 0 Å². The van der Waals surface area contributed by atoms with Crippen LogP contribution in [0.3, 0.4) is 0 Å². The fourth-order valence-corrected chi connectivity index (χ4v) is 2.49. The van der Waals surface area contributed by atoms with E-state index < -0.39 is 0 Å². The maximum absolute atomic E-state index is 12.2. The Morgan fingerprint density at radius 3 is 1.92 bits per heavy atom. The van der Waals surface area contributed by atoms with Crippen LogP contribution >= 0.6 is 0 Å². The number of esters is 1. The molecule has 134 valence electrons. The topological polar surface area (TPSA) is 54.0 Å². The SMILES string of the molecule is COc1cc(CC(=O)Oc2ccc(C(C)C)cc2)cc(OC)c1OC. The molecule has 0 N–H and O–H groups in total. The summed E-state index contributed by atoms with van der Waals surface area (Å²) in [4.78, 5) is 12.2. The van der Waals surface area contributed by atoms with Gasteiger partial charge in [-0.05, 0) is 41.3 Å². The quantitative estimate of drug-likeness (QED) is 0.562. The highest BCUT2D eigenvalue weighted by Gasteiger charge is 2.15. The van der Waals surface area contributed by atoms with Crippen molar-refractivity contribution in [2.45, 2.75) is 26.2 Å². The van der Waals surface area contributed by atoms with Crippen LogP contribution in [0.4, 0.5) is 0 Å². The molecule has 0 aliphatic heterocycles. The second-order valence-electron chi connectivity index (χ2n) is 5.91. The zero-order valence-electron chi connectivity index (χ0n) is 15.3. The first-order chi connectivity index (χ1) is 12.0. The summed E-state index contributed by atoms with van der Waals surface area (Å²) in [6.45, 7) is 4.23. The van der Waals surface area contributed by atoms with Crippen LogP contribution in [0.2, 0.25) is 0 Å². The third kappa shape index (κ3) is 4.66. The molecule has 2 aromatic rings. The Morgan fingerprint density at radius 2 is 1.48 bits per heavy atom. The van der Waals surface area contributed by atoms with E-state index in [1.54, 1.807) is 12.1 Å². The molecular formula is C20H24O5. The van der Waals surface area contributed by atoms with Crippen LogP contribution in [0, 0.1) is 0 Å². The fraction of sp³-hybridized carbons (Fsp3) is 0.350. The number of methoxy groups -OCH3 is 3. The van der Waals surface area contributed by atoms with E-state index in [1.165, 1.54) is 26.9 Å². The molecule has 0 saturated carbocycles. The van der Waals surface area contributed by atoms with E-state index in [0.29, 0.717) is 28.9 Å². The lowest BCUT2D eigenvalue weighted by molar-refractivity contribution is -0.133.